The maximum absolute atomic E-state index is 12.6. The number of hydrogen-bond acceptors (Lipinski definition) is 4. The maximum atomic E-state index is 12.6. The highest BCUT2D eigenvalue weighted by Gasteiger charge is 2.44. The van der Waals surface area contributed by atoms with Gasteiger partial charge in [0.15, 0.2) is 0 Å². The molecule has 0 saturated carbocycles. The van der Waals surface area contributed by atoms with E-state index in [-0.39, 0.29) is 36.4 Å². The minimum Gasteiger partial charge on any atom is -0.481 e. The molecule has 5 unspecified atom stereocenters. The first-order chi connectivity index (χ1) is 9.40. The van der Waals surface area contributed by atoms with Gasteiger partial charge >= 0.3 is 5.97 Å². The number of carbonyl (C=O) groups is 2. The zero-order valence-electron chi connectivity index (χ0n) is 12.2. The topological polar surface area (TPSA) is 76.1 Å². The molecule has 0 aromatic heterocycles. The monoisotopic (exact) mass is 285 g/mol. The molecule has 2 saturated heterocycles. The standard InChI is InChI=1S/C14H23NO5/c1-8-9(2)20-10(3)13(8)14(18)15-4-5-19-11(7-15)6-12(16)17/h8-11,13H,4-7H2,1-3H3,(H,16,17). The predicted octanol–water partition coefficient (Wildman–Crippen LogP) is 0.748. The minimum absolute atomic E-state index is 0.0630. The summed E-state index contributed by atoms with van der Waals surface area (Å²) in [7, 11) is 0. The van der Waals surface area contributed by atoms with Gasteiger partial charge in [0.25, 0.3) is 0 Å². The number of morpholine rings is 1. The first kappa shape index (κ1) is 15.3. The number of carboxylic acids is 1. The van der Waals surface area contributed by atoms with Crippen molar-refractivity contribution in [3.8, 4) is 0 Å². The quantitative estimate of drug-likeness (QED) is 0.828. The van der Waals surface area contributed by atoms with Gasteiger partial charge in [-0.2, -0.15) is 0 Å². The lowest BCUT2D eigenvalue weighted by molar-refractivity contribution is -0.151. The summed E-state index contributed by atoms with van der Waals surface area (Å²) in [6, 6.07) is 0. The van der Waals surface area contributed by atoms with Crippen LogP contribution in [0.5, 0.6) is 0 Å². The number of amides is 1. The van der Waals surface area contributed by atoms with E-state index in [0.29, 0.717) is 19.7 Å². The summed E-state index contributed by atoms with van der Waals surface area (Å²) in [5.41, 5.74) is 0. The Kier molecular flexibility index (Phi) is 4.65. The van der Waals surface area contributed by atoms with Crippen LogP contribution in [0.15, 0.2) is 0 Å². The van der Waals surface area contributed by atoms with Crippen LogP contribution in [0.4, 0.5) is 0 Å². The van der Waals surface area contributed by atoms with E-state index in [1.165, 1.54) is 0 Å². The molecular weight excluding hydrogens is 262 g/mol. The molecule has 0 spiro atoms. The molecule has 114 valence electrons. The number of ether oxygens (including phenoxy) is 2. The summed E-state index contributed by atoms with van der Waals surface area (Å²) >= 11 is 0. The molecule has 1 N–H and O–H groups in total. The van der Waals surface area contributed by atoms with Crippen LogP contribution in [0.2, 0.25) is 0 Å². The van der Waals surface area contributed by atoms with Crippen LogP contribution >= 0.6 is 0 Å². The second-order valence-electron chi connectivity index (χ2n) is 5.81. The van der Waals surface area contributed by atoms with Gasteiger partial charge in [-0.1, -0.05) is 6.92 Å². The van der Waals surface area contributed by atoms with Crippen LogP contribution in [0.25, 0.3) is 0 Å². The van der Waals surface area contributed by atoms with Gasteiger partial charge in [0.05, 0.1) is 37.3 Å². The zero-order valence-corrected chi connectivity index (χ0v) is 12.2. The van der Waals surface area contributed by atoms with Crippen LogP contribution < -0.4 is 0 Å². The van der Waals surface area contributed by atoms with Crippen LogP contribution in [-0.4, -0.2) is 59.9 Å². The summed E-state index contributed by atoms with van der Waals surface area (Å²) in [6.45, 7) is 7.23. The molecule has 1 amide bonds. The van der Waals surface area contributed by atoms with E-state index in [1.807, 2.05) is 20.8 Å². The normalized spacial score (nSPS) is 38.0. The Balaban J connectivity index is 2.00. The zero-order chi connectivity index (χ0) is 14.9. The molecule has 5 atom stereocenters. The van der Waals surface area contributed by atoms with Crippen LogP contribution in [-0.2, 0) is 19.1 Å². The molecule has 2 fully saturated rings. The summed E-state index contributed by atoms with van der Waals surface area (Å²) in [5, 5.41) is 8.82. The van der Waals surface area contributed by atoms with Crippen molar-refractivity contribution >= 4 is 11.9 Å². The van der Waals surface area contributed by atoms with E-state index in [9.17, 15) is 9.59 Å². The van der Waals surface area contributed by atoms with Gasteiger partial charge in [-0.05, 0) is 19.8 Å². The molecule has 6 heteroatoms. The smallest absolute Gasteiger partial charge is 0.306 e. The van der Waals surface area contributed by atoms with Crippen molar-refractivity contribution in [1.29, 1.82) is 0 Å². The highest BCUT2D eigenvalue weighted by Crippen LogP contribution is 2.33. The number of rotatable bonds is 3. The van der Waals surface area contributed by atoms with E-state index in [0.717, 1.165) is 0 Å². The van der Waals surface area contributed by atoms with Crippen LogP contribution in [0, 0.1) is 11.8 Å². The average molecular weight is 285 g/mol. The lowest BCUT2D eigenvalue weighted by Crippen LogP contribution is -2.50. The number of hydrogen-bond donors (Lipinski definition) is 1. The van der Waals surface area contributed by atoms with E-state index >= 15 is 0 Å². The van der Waals surface area contributed by atoms with Crippen molar-refractivity contribution in [2.75, 3.05) is 19.7 Å². The Labute approximate surface area is 119 Å². The van der Waals surface area contributed by atoms with Gasteiger partial charge in [-0.3, -0.25) is 9.59 Å². The summed E-state index contributed by atoms with van der Waals surface area (Å²) < 4.78 is 11.1. The highest BCUT2D eigenvalue weighted by molar-refractivity contribution is 5.80. The van der Waals surface area contributed by atoms with Gasteiger partial charge in [0.1, 0.15) is 0 Å². The third kappa shape index (κ3) is 3.12. The van der Waals surface area contributed by atoms with Gasteiger partial charge < -0.3 is 19.5 Å². The first-order valence-corrected chi connectivity index (χ1v) is 7.17. The summed E-state index contributed by atoms with van der Waals surface area (Å²) in [4.78, 5) is 25.1. The predicted molar refractivity (Wildman–Crippen MR) is 71.2 cm³/mol. The van der Waals surface area contributed by atoms with Crippen LogP contribution in [0.1, 0.15) is 27.2 Å². The molecule has 2 aliphatic rings. The molecule has 0 aliphatic carbocycles. The van der Waals surface area contributed by atoms with Crippen molar-refractivity contribution in [1.82, 2.24) is 4.90 Å². The molecule has 20 heavy (non-hydrogen) atoms. The summed E-state index contributed by atoms with van der Waals surface area (Å²) in [6.07, 6.45) is -0.481. The van der Waals surface area contributed by atoms with Crippen molar-refractivity contribution in [3.63, 3.8) is 0 Å². The maximum Gasteiger partial charge on any atom is 0.306 e. The Hall–Kier alpha value is -1.14. The average Bonchev–Trinajstić information content (AvgIpc) is 2.62. The second kappa shape index (κ2) is 6.10. The number of carboxylic acid groups (broad SMARTS) is 1. The Morgan fingerprint density at radius 1 is 1.25 bits per heavy atom. The van der Waals surface area contributed by atoms with Crippen molar-refractivity contribution in [2.24, 2.45) is 11.8 Å². The van der Waals surface area contributed by atoms with Crippen molar-refractivity contribution in [3.05, 3.63) is 0 Å². The van der Waals surface area contributed by atoms with E-state index in [4.69, 9.17) is 14.6 Å². The molecular formula is C14H23NO5. The fourth-order valence-electron chi connectivity index (χ4n) is 3.14. The lowest BCUT2D eigenvalue weighted by atomic mass is 9.88. The van der Waals surface area contributed by atoms with Gasteiger partial charge in [0, 0.05) is 13.1 Å². The number of aliphatic carboxylic acids is 1. The van der Waals surface area contributed by atoms with Gasteiger partial charge in [0.2, 0.25) is 5.91 Å². The molecule has 6 nitrogen and oxygen atoms in total. The lowest BCUT2D eigenvalue weighted by Gasteiger charge is -2.35. The largest absolute Gasteiger partial charge is 0.481 e. The van der Waals surface area contributed by atoms with Crippen LogP contribution in [0.3, 0.4) is 0 Å². The molecule has 2 rings (SSSR count). The van der Waals surface area contributed by atoms with Gasteiger partial charge in [-0.25, -0.2) is 0 Å². The molecule has 0 bridgehead atoms. The van der Waals surface area contributed by atoms with E-state index in [2.05, 4.69) is 0 Å². The fourth-order valence-corrected chi connectivity index (χ4v) is 3.14. The molecule has 2 aliphatic heterocycles. The third-order valence-corrected chi connectivity index (χ3v) is 4.38. The summed E-state index contributed by atoms with van der Waals surface area (Å²) in [5.74, 6) is -0.802. The minimum atomic E-state index is -0.899. The highest BCUT2D eigenvalue weighted by atomic mass is 16.5. The fraction of sp³-hybridized carbons (Fsp3) is 0.857. The Morgan fingerprint density at radius 2 is 1.95 bits per heavy atom. The number of carbonyl (C=O) groups excluding carboxylic acids is 1. The second-order valence-corrected chi connectivity index (χ2v) is 5.81. The Bertz CT molecular complexity index is 386. The third-order valence-electron chi connectivity index (χ3n) is 4.38. The molecule has 0 aromatic carbocycles. The Morgan fingerprint density at radius 3 is 2.50 bits per heavy atom. The SMILES string of the molecule is CC1OC(C)C(C(=O)N2CCOC(CC(=O)O)C2)C1C. The molecule has 0 aromatic rings. The van der Waals surface area contributed by atoms with E-state index in [1.54, 1.807) is 4.90 Å². The number of nitrogens with zero attached hydrogens (tertiary/aromatic N) is 1. The van der Waals surface area contributed by atoms with Gasteiger partial charge in [-0.15, -0.1) is 0 Å². The van der Waals surface area contributed by atoms with E-state index < -0.39 is 12.1 Å². The molecule has 0 radical (unpaired) electrons. The molecule has 2 heterocycles. The van der Waals surface area contributed by atoms with Crippen molar-refractivity contribution < 1.29 is 24.2 Å². The first-order valence-electron chi connectivity index (χ1n) is 7.17. The van der Waals surface area contributed by atoms with Crippen molar-refractivity contribution in [2.45, 2.75) is 45.5 Å².